The largest absolute Gasteiger partial charge is 0.351 e. The average Bonchev–Trinajstić information content (AvgIpc) is 3.47. The van der Waals surface area contributed by atoms with E-state index in [1.165, 1.54) is 0 Å². The summed E-state index contributed by atoms with van der Waals surface area (Å²) in [6.07, 6.45) is 3.05. The first-order chi connectivity index (χ1) is 15.2. The van der Waals surface area contributed by atoms with E-state index in [4.69, 9.17) is 0 Å². The highest BCUT2D eigenvalue weighted by molar-refractivity contribution is 5.98. The number of aromatic nitrogens is 4. The molecule has 0 saturated carbocycles. The molecule has 2 amide bonds. The topological polar surface area (TPSA) is 95.9 Å². The second-order valence-corrected chi connectivity index (χ2v) is 7.69. The fraction of sp³-hybridized carbons (Fsp3) is 0.217. The van der Waals surface area contributed by atoms with Crippen molar-refractivity contribution in [3.63, 3.8) is 0 Å². The molecule has 8 nitrogen and oxygen atoms in total. The lowest BCUT2D eigenvalue weighted by Crippen LogP contribution is -2.46. The number of benzene rings is 2. The van der Waals surface area contributed by atoms with Crippen molar-refractivity contribution in [3.05, 3.63) is 78.2 Å². The number of piperidine rings is 1. The monoisotopic (exact) mass is 414 g/mol. The van der Waals surface area contributed by atoms with E-state index in [2.05, 4.69) is 20.6 Å². The highest BCUT2D eigenvalue weighted by Gasteiger charge is 2.26. The van der Waals surface area contributed by atoms with Crippen molar-refractivity contribution in [2.45, 2.75) is 18.9 Å². The second kappa shape index (κ2) is 8.06. The van der Waals surface area contributed by atoms with E-state index >= 15 is 0 Å². The smallest absolute Gasteiger partial charge is 0.276 e. The lowest BCUT2D eigenvalue weighted by Gasteiger charge is -2.31. The van der Waals surface area contributed by atoms with Crippen LogP contribution in [0.5, 0.6) is 0 Å². The zero-order valence-corrected chi connectivity index (χ0v) is 16.9. The highest BCUT2D eigenvalue weighted by atomic mass is 16.2. The van der Waals surface area contributed by atoms with Gasteiger partial charge in [-0.3, -0.25) is 9.59 Å². The number of hydrogen-bond donors (Lipinski definition) is 2. The van der Waals surface area contributed by atoms with Gasteiger partial charge in [0.2, 0.25) is 0 Å². The molecule has 2 aromatic carbocycles. The van der Waals surface area contributed by atoms with Gasteiger partial charge in [0.25, 0.3) is 11.8 Å². The Hall–Kier alpha value is -3.94. The van der Waals surface area contributed by atoms with Crippen molar-refractivity contribution >= 4 is 22.7 Å². The molecule has 0 bridgehead atoms. The number of carbonyl (C=O) groups excluding carboxylic acids is 2. The van der Waals surface area contributed by atoms with Crippen LogP contribution in [-0.2, 0) is 0 Å². The van der Waals surface area contributed by atoms with E-state index in [1.807, 2.05) is 60.7 Å². The zero-order chi connectivity index (χ0) is 21.2. The number of carbonyl (C=O) groups is 2. The molecule has 1 aliphatic rings. The summed E-state index contributed by atoms with van der Waals surface area (Å²) in [5, 5.41) is 12.2. The van der Waals surface area contributed by atoms with Gasteiger partial charge in [0.05, 0.1) is 11.9 Å². The Balaban J connectivity index is 1.18. The molecule has 0 radical (unpaired) electrons. The van der Waals surface area contributed by atoms with Crippen molar-refractivity contribution in [3.8, 4) is 5.69 Å². The minimum atomic E-state index is -0.137. The van der Waals surface area contributed by atoms with E-state index in [-0.39, 0.29) is 17.9 Å². The van der Waals surface area contributed by atoms with Crippen LogP contribution in [0.3, 0.4) is 0 Å². The molecule has 0 atom stereocenters. The average molecular weight is 414 g/mol. The van der Waals surface area contributed by atoms with E-state index in [1.54, 1.807) is 15.8 Å². The lowest BCUT2D eigenvalue weighted by atomic mass is 10.0. The molecule has 5 rings (SSSR count). The van der Waals surface area contributed by atoms with Gasteiger partial charge in [0.15, 0.2) is 5.69 Å². The summed E-state index contributed by atoms with van der Waals surface area (Å²) in [5.74, 6) is -0.255. The number of hydrogen-bond acceptors (Lipinski definition) is 4. The van der Waals surface area contributed by atoms with E-state index in [9.17, 15) is 9.59 Å². The molecule has 3 heterocycles. The molecule has 1 aliphatic heterocycles. The molecule has 31 heavy (non-hydrogen) atoms. The van der Waals surface area contributed by atoms with Crippen LogP contribution in [0, 0.1) is 0 Å². The minimum Gasteiger partial charge on any atom is -0.351 e. The van der Waals surface area contributed by atoms with Crippen LogP contribution in [0.25, 0.3) is 16.6 Å². The third kappa shape index (κ3) is 3.92. The Bertz CT molecular complexity index is 1190. The van der Waals surface area contributed by atoms with Crippen LogP contribution in [0.15, 0.2) is 66.9 Å². The third-order valence-corrected chi connectivity index (χ3v) is 5.63. The van der Waals surface area contributed by atoms with Crippen LogP contribution in [0.1, 0.15) is 33.8 Å². The van der Waals surface area contributed by atoms with Gasteiger partial charge < -0.3 is 15.2 Å². The standard InChI is InChI=1S/C23H22N6O2/c30-22(20-14-16-6-4-5-9-19(16)25-20)24-17-10-12-28(13-11-17)23(31)21-15-29(27-26-21)18-7-2-1-3-8-18/h1-9,14-15,17,25H,10-13H2,(H,24,30). The quantitative estimate of drug-likeness (QED) is 0.537. The van der Waals surface area contributed by atoms with Gasteiger partial charge >= 0.3 is 0 Å². The Morgan fingerprint density at radius 1 is 1.00 bits per heavy atom. The van der Waals surface area contributed by atoms with Crippen LogP contribution < -0.4 is 5.32 Å². The van der Waals surface area contributed by atoms with Crippen LogP contribution >= 0.6 is 0 Å². The van der Waals surface area contributed by atoms with Gasteiger partial charge in [0.1, 0.15) is 5.69 Å². The van der Waals surface area contributed by atoms with Crippen molar-refractivity contribution < 1.29 is 9.59 Å². The summed E-state index contributed by atoms with van der Waals surface area (Å²) in [6, 6.07) is 19.3. The van der Waals surface area contributed by atoms with Crippen molar-refractivity contribution in [1.29, 1.82) is 0 Å². The van der Waals surface area contributed by atoms with E-state index in [0.29, 0.717) is 37.3 Å². The Kier molecular flexibility index (Phi) is 4.95. The maximum absolute atomic E-state index is 12.8. The molecule has 2 aromatic heterocycles. The summed E-state index contributed by atoms with van der Waals surface area (Å²) < 4.78 is 1.60. The summed E-state index contributed by atoms with van der Waals surface area (Å²) in [5.41, 5.74) is 2.67. The van der Waals surface area contributed by atoms with Gasteiger partial charge in [-0.2, -0.15) is 0 Å². The summed E-state index contributed by atoms with van der Waals surface area (Å²) in [6.45, 7) is 1.13. The van der Waals surface area contributed by atoms with E-state index in [0.717, 1.165) is 16.6 Å². The Labute approximate surface area is 178 Å². The number of H-pyrrole nitrogens is 1. The van der Waals surface area contributed by atoms with Crippen LogP contribution in [0.4, 0.5) is 0 Å². The molecule has 1 fully saturated rings. The first kappa shape index (κ1) is 19.0. The Morgan fingerprint density at radius 2 is 1.74 bits per heavy atom. The molecule has 4 aromatic rings. The summed E-state index contributed by atoms with van der Waals surface area (Å²) >= 11 is 0. The maximum Gasteiger partial charge on any atom is 0.276 e. The van der Waals surface area contributed by atoms with Gasteiger partial charge in [-0.25, -0.2) is 4.68 Å². The third-order valence-electron chi connectivity index (χ3n) is 5.63. The normalized spacial score (nSPS) is 14.6. The lowest BCUT2D eigenvalue weighted by molar-refractivity contribution is 0.0692. The van der Waals surface area contributed by atoms with Gasteiger partial charge in [-0.05, 0) is 37.1 Å². The number of aromatic amines is 1. The molecular weight excluding hydrogens is 392 g/mol. The van der Waals surface area contributed by atoms with Crippen molar-refractivity contribution in [1.82, 2.24) is 30.2 Å². The molecule has 1 saturated heterocycles. The number of likely N-dealkylation sites (tertiary alicyclic amines) is 1. The van der Waals surface area contributed by atoms with Crippen molar-refractivity contribution in [2.24, 2.45) is 0 Å². The van der Waals surface area contributed by atoms with Gasteiger partial charge in [-0.1, -0.05) is 41.6 Å². The minimum absolute atomic E-state index is 0.0305. The number of amides is 2. The second-order valence-electron chi connectivity index (χ2n) is 7.69. The maximum atomic E-state index is 12.8. The predicted molar refractivity (Wildman–Crippen MR) is 116 cm³/mol. The number of nitrogens with zero attached hydrogens (tertiary/aromatic N) is 4. The van der Waals surface area contributed by atoms with Gasteiger partial charge in [-0.15, -0.1) is 5.10 Å². The van der Waals surface area contributed by atoms with Gasteiger partial charge in [0, 0.05) is 30.0 Å². The zero-order valence-electron chi connectivity index (χ0n) is 16.9. The first-order valence-electron chi connectivity index (χ1n) is 10.3. The molecule has 8 heteroatoms. The highest BCUT2D eigenvalue weighted by Crippen LogP contribution is 2.17. The molecule has 156 valence electrons. The number of fused-ring (bicyclic) bond motifs is 1. The van der Waals surface area contributed by atoms with E-state index < -0.39 is 0 Å². The fourth-order valence-corrected chi connectivity index (χ4v) is 3.92. The first-order valence-corrected chi connectivity index (χ1v) is 10.3. The van der Waals surface area contributed by atoms with Crippen LogP contribution in [-0.4, -0.2) is 55.8 Å². The Morgan fingerprint density at radius 3 is 2.52 bits per heavy atom. The molecule has 0 aliphatic carbocycles. The molecular formula is C23H22N6O2. The number of rotatable bonds is 4. The molecule has 0 spiro atoms. The molecule has 2 N–H and O–H groups in total. The number of nitrogens with one attached hydrogen (secondary N) is 2. The SMILES string of the molecule is O=C(NC1CCN(C(=O)c2cn(-c3ccccc3)nn2)CC1)c1cc2ccccc2[nH]1. The predicted octanol–water partition coefficient (Wildman–Crippen LogP) is 2.78. The number of para-hydroxylation sites is 2. The molecule has 0 unspecified atom stereocenters. The van der Waals surface area contributed by atoms with Crippen LogP contribution in [0.2, 0.25) is 0 Å². The fourth-order valence-electron chi connectivity index (χ4n) is 3.92. The summed E-state index contributed by atoms with van der Waals surface area (Å²) in [7, 11) is 0. The summed E-state index contributed by atoms with van der Waals surface area (Å²) in [4.78, 5) is 30.3. The van der Waals surface area contributed by atoms with Crippen molar-refractivity contribution in [2.75, 3.05) is 13.1 Å².